The zero-order valence-electron chi connectivity index (χ0n) is 15.5. The Morgan fingerprint density at radius 2 is 1.74 bits per heavy atom. The minimum Gasteiger partial charge on any atom is -0.497 e. The van der Waals surface area contributed by atoms with E-state index in [1.807, 2.05) is 24.3 Å². The molecular weight excluding hydrogens is 344 g/mol. The van der Waals surface area contributed by atoms with Gasteiger partial charge in [0, 0.05) is 5.56 Å². The van der Waals surface area contributed by atoms with Gasteiger partial charge in [0.2, 0.25) is 5.82 Å². The minimum absolute atomic E-state index is 0.0580. The van der Waals surface area contributed by atoms with Crippen LogP contribution in [0.15, 0.2) is 28.8 Å². The molecule has 27 heavy (non-hydrogen) atoms. The number of rotatable bonds is 5. The van der Waals surface area contributed by atoms with Crippen molar-refractivity contribution < 1.29 is 18.8 Å². The minimum atomic E-state index is -0.253. The van der Waals surface area contributed by atoms with Crippen LogP contribution in [0.4, 0.5) is 0 Å². The molecule has 1 aromatic carbocycles. The SMILES string of the molecule is COc1ccc(-c2nc(COC(=O)C34CC5CC(CC(C5)C3)C4)no2)cc1. The van der Waals surface area contributed by atoms with E-state index in [1.165, 1.54) is 19.3 Å². The third kappa shape index (κ3) is 3.01. The van der Waals surface area contributed by atoms with E-state index < -0.39 is 0 Å². The molecule has 0 amide bonds. The Labute approximate surface area is 158 Å². The number of esters is 1. The van der Waals surface area contributed by atoms with Crippen molar-refractivity contribution in [3.05, 3.63) is 30.1 Å². The Balaban J connectivity index is 1.24. The lowest BCUT2D eigenvalue weighted by Gasteiger charge is -2.55. The fourth-order valence-electron chi connectivity index (χ4n) is 5.81. The highest BCUT2D eigenvalue weighted by Gasteiger charge is 2.55. The van der Waals surface area contributed by atoms with Crippen molar-refractivity contribution in [3.8, 4) is 17.2 Å². The van der Waals surface area contributed by atoms with Gasteiger partial charge in [0.05, 0.1) is 12.5 Å². The fourth-order valence-corrected chi connectivity index (χ4v) is 5.81. The molecule has 0 aliphatic heterocycles. The van der Waals surface area contributed by atoms with Crippen molar-refractivity contribution >= 4 is 5.97 Å². The second-order valence-corrected chi connectivity index (χ2v) is 8.52. The number of hydrogen-bond donors (Lipinski definition) is 0. The number of benzene rings is 1. The standard InChI is InChI=1S/C21H24N2O4/c1-25-17-4-2-16(3-5-17)19-22-18(23-27-19)12-26-20(24)21-9-13-6-14(10-21)8-15(7-13)11-21/h2-5,13-15H,6-12H2,1H3. The van der Waals surface area contributed by atoms with Crippen molar-refractivity contribution in [1.82, 2.24) is 10.1 Å². The second kappa shape index (κ2) is 6.36. The first-order valence-electron chi connectivity index (χ1n) is 9.78. The molecule has 4 bridgehead atoms. The molecule has 4 fully saturated rings. The second-order valence-electron chi connectivity index (χ2n) is 8.52. The third-order valence-electron chi connectivity index (χ3n) is 6.61. The molecule has 1 heterocycles. The van der Waals surface area contributed by atoms with Crippen LogP contribution < -0.4 is 4.74 Å². The number of ether oxygens (including phenoxy) is 2. The Morgan fingerprint density at radius 1 is 1.11 bits per heavy atom. The smallest absolute Gasteiger partial charge is 0.312 e. The first-order chi connectivity index (χ1) is 13.1. The number of carbonyl (C=O) groups is 1. The number of aromatic nitrogens is 2. The van der Waals surface area contributed by atoms with Crippen LogP contribution in [0.3, 0.4) is 0 Å². The van der Waals surface area contributed by atoms with Crippen LogP contribution in [0.25, 0.3) is 11.5 Å². The summed E-state index contributed by atoms with van der Waals surface area (Å²) in [6.07, 6.45) is 6.93. The summed E-state index contributed by atoms with van der Waals surface area (Å²) in [6.45, 7) is 0.0697. The molecule has 6 rings (SSSR count). The van der Waals surface area contributed by atoms with E-state index in [4.69, 9.17) is 14.0 Å². The lowest BCUT2D eigenvalue weighted by Crippen LogP contribution is -2.50. The summed E-state index contributed by atoms with van der Waals surface area (Å²) in [6, 6.07) is 7.40. The van der Waals surface area contributed by atoms with Gasteiger partial charge in [-0.25, -0.2) is 0 Å². The molecule has 142 valence electrons. The van der Waals surface area contributed by atoms with Gasteiger partial charge in [0.15, 0.2) is 6.61 Å². The molecule has 0 atom stereocenters. The quantitative estimate of drug-likeness (QED) is 0.743. The van der Waals surface area contributed by atoms with Crippen molar-refractivity contribution in [2.24, 2.45) is 23.2 Å². The lowest BCUT2D eigenvalue weighted by atomic mass is 9.49. The van der Waals surface area contributed by atoms with Crippen molar-refractivity contribution in [1.29, 1.82) is 0 Å². The summed E-state index contributed by atoms with van der Waals surface area (Å²) in [5.74, 6) is 3.68. The largest absolute Gasteiger partial charge is 0.497 e. The Hall–Kier alpha value is -2.37. The van der Waals surface area contributed by atoms with Crippen molar-refractivity contribution in [3.63, 3.8) is 0 Å². The van der Waals surface area contributed by atoms with E-state index in [-0.39, 0.29) is 18.0 Å². The van der Waals surface area contributed by atoms with Gasteiger partial charge in [-0.2, -0.15) is 4.98 Å². The van der Waals surface area contributed by atoms with Gasteiger partial charge in [0.25, 0.3) is 5.89 Å². The van der Waals surface area contributed by atoms with E-state index >= 15 is 0 Å². The number of hydrogen-bond acceptors (Lipinski definition) is 6. The van der Waals surface area contributed by atoms with Crippen LogP contribution in [0, 0.1) is 23.2 Å². The van der Waals surface area contributed by atoms with Crippen LogP contribution in [-0.2, 0) is 16.1 Å². The highest BCUT2D eigenvalue weighted by molar-refractivity contribution is 5.77. The maximum Gasteiger partial charge on any atom is 0.312 e. The number of carbonyl (C=O) groups excluding carboxylic acids is 1. The van der Waals surface area contributed by atoms with E-state index in [2.05, 4.69) is 10.1 Å². The summed E-state index contributed by atoms with van der Waals surface area (Å²) in [5, 5.41) is 3.96. The van der Waals surface area contributed by atoms with Crippen LogP contribution in [0.1, 0.15) is 44.3 Å². The van der Waals surface area contributed by atoms with E-state index in [1.54, 1.807) is 7.11 Å². The molecule has 0 saturated heterocycles. The Bertz CT molecular complexity index is 807. The summed E-state index contributed by atoms with van der Waals surface area (Å²) in [4.78, 5) is 17.3. The zero-order chi connectivity index (χ0) is 18.4. The highest BCUT2D eigenvalue weighted by Crippen LogP contribution is 2.60. The molecular formula is C21H24N2O4. The summed E-state index contributed by atoms with van der Waals surface area (Å²) < 4.78 is 16.1. The molecule has 4 aliphatic rings. The first kappa shape index (κ1) is 16.8. The normalized spacial score (nSPS) is 31.1. The van der Waals surface area contributed by atoms with Gasteiger partial charge in [-0.3, -0.25) is 4.79 Å². The molecule has 4 aliphatic carbocycles. The van der Waals surface area contributed by atoms with Crippen molar-refractivity contribution in [2.45, 2.75) is 45.1 Å². The van der Waals surface area contributed by atoms with Gasteiger partial charge in [-0.05, 0) is 80.5 Å². The van der Waals surface area contributed by atoms with Gasteiger partial charge in [-0.1, -0.05) is 5.16 Å². The molecule has 6 nitrogen and oxygen atoms in total. The summed E-state index contributed by atoms with van der Waals surface area (Å²) in [5.41, 5.74) is 0.555. The molecule has 0 radical (unpaired) electrons. The monoisotopic (exact) mass is 368 g/mol. The molecule has 1 aromatic heterocycles. The van der Waals surface area contributed by atoms with Crippen LogP contribution >= 0.6 is 0 Å². The van der Waals surface area contributed by atoms with E-state index in [0.29, 0.717) is 11.7 Å². The molecule has 2 aromatic rings. The molecule has 0 N–H and O–H groups in total. The topological polar surface area (TPSA) is 74.5 Å². The number of methoxy groups -OCH3 is 1. The first-order valence-corrected chi connectivity index (χ1v) is 9.78. The van der Waals surface area contributed by atoms with Crippen LogP contribution in [0.5, 0.6) is 5.75 Å². The maximum atomic E-state index is 12.9. The lowest BCUT2D eigenvalue weighted by molar-refractivity contribution is -0.173. The molecule has 6 heteroatoms. The highest BCUT2D eigenvalue weighted by atomic mass is 16.5. The average molecular weight is 368 g/mol. The van der Waals surface area contributed by atoms with Crippen LogP contribution in [0.2, 0.25) is 0 Å². The maximum absolute atomic E-state index is 12.9. The number of nitrogens with zero attached hydrogens (tertiary/aromatic N) is 2. The van der Waals surface area contributed by atoms with Crippen molar-refractivity contribution in [2.75, 3.05) is 7.11 Å². The third-order valence-corrected chi connectivity index (χ3v) is 6.61. The average Bonchev–Trinajstić information content (AvgIpc) is 3.14. The van der Waals surface area contributed by atoms with Gasteiger partial charge in [0.1, 0.15) is 5.75 Å². The zero-order valence-corrected chi connectivity index (χ0v) is 15.5. The van der Waals surface area contributed by atoms with Gasteiger partial charge < -0.3 is 14.0 Å². The summed E-state index contributed by atoms with van der Waals surface area (Å²) in [7, 11) is 1.62. The van der Waals surface area contributed by atoms with Gasteiger partial charge in [-0.15, -0.1) is 0 Å². The Morgan fingerprint density at radius 3 is 2.33 bits per heavy atom. The molecule has 4 saturated carbocycles. The predicted octanol–water partition coefficient (Wildman–Crippen LogP) is 4.00. The predicted molar refractivity (Wildman–Crippen MR) is 96.7 cm³/mol. The molecule has 0 spiro atoms. The van der Waals surface area contributed by atoms with Crippen LogP contribution in [-0.4, -0.2) is 23.2 Å². The Kier molecular flexibility index (Phi) is 3.95. The van der Waals surface area contributed by atoms with E-state index in [0.717, 1.165) is 48.3 Å². The molecule has 0 unspecified atom stereocenters. The van der Waals surface area contributed by atoms with Gasteiger partial charge >= 0.3 is 5.97 Å². The van der Waals surface area contributed by atoms with E-state index in [9.17, 15) is 4.79 Å². The fraction of sp³-hybridized carbons (Fsp3) is 0.571. The summed E-state index contributed by atoms with van der Waals surface area (Å²) >= 11 is 0.